The van der Waals surface area contributed by atoms with E-state index in [1.807, 2.05) is 0 Å². The highest BCUT2D eigenvalue weighted by molar-refractivity contribution is 4.70. The molecular weight excluding hydrogens is 162 g/mol. The maximum atomic E-state index is 5.42. The second-order valence-corrected chi connectivity index (χ2v) is 3.91. The number of nitrogens with two attached hydrogens (primary N) is 1. The SMILES string of the molecule is NCCCCNCC1CCCNC1. The Hall–Kier alpha value is -0.120. The first-order valence-corrected chi connectivity index (χ1v) is 5.55. The molecule has 1 aliphatic heterocycles. The summed E-state index contributed by atoms with van der Waals surface area (Å²) >= 11 is 0. The van der Waals surface area contributed by atoms with E-state index in [-0.39, 0.29) is 0 Å². The third-order valence-corrected chi connectivity index (χ3v) is 2.64. The van der Waals surface area contributed by atoms with E-state index in [2.05, 4.69) is 10.6 Å². The molecule has 0 bridgehead atoms. The molecule has 4 N–H and O–H groups in total. The van der Waals surface area contributed by atoms with Crippen LogP contribution in [-0.2, 0) is 0 Å². The van der Waals surface area contributed by atoms with Crippen molar-refractivity contribution in [2.45, 2.75) is 25.7 Å². The van der Waals surface area contributed by atoms with E-state index < -0.39 is 0 Å². The largest absolute Gasteiger partial charge is 0.330 e. The highest BCUT2D eigenvalue weighted by Gasteiger charge is 2.11. The Morgan fingerprint density at radius 1 is 1.38 bits per heavy atom. The molecule has 0 aromatic carbocycles. The molecule has 0 aromatic heterocycles. The van der Waals surface area contributed by atoms with Crippen LogP contribution < -0.4 is 16.4 Å². The third kappa shape index (κ3) is 5.24. The molecule has 78 valence electrons. The molecule has 1 atom stereocenters. The van der Waals surface area contributed by atoms with Gasteiger partial charge in [0.15, 0.2) is 0 Å². The Bertz CT molecular complexity index is 111. The number of hydrogen-bond acceptors (Lipinski definition) is 3. The number of hydrogen-bond donors (Lipinski definition) is 3. The van der Waals surface area contributed by atoms with Crippen LogP contribution >= 0.6 is 0 Å². The molecule has 3 heteroatoms. The minimum absolute atomic E-state index is 0.826. The number of unbranched alkanes of at least 4 members (excludes halogenated alkanes) is 1. The van der Waals surface area contributed by atoms with Crippen LogP contribution in [0.2, 0.25) is 0 Å². The maximum absolute atomic E-state index is 5.42. The molecule has 0 aromatic rings. The van der Waals surface area contributed by atoms with Crippen LogP contribution in [0.1, 0.15) is 25.7 Å². The van der Waals surface area contributed by atoms with Gasteiger partial charge in [-0.3, -0.25) is 0 Å². The Kier molecular flexibility index (Phi) is 6.15. The van der Waals surface area contributed by atoms with Crippen molar-refractivity contribution in [2.24, 2.45) is 11.7 Å². The highest BCUT2D eigenvalue weighted by Crippen LogP contribution is 2.07. The summed E-state index contributed by atoms with van der Waals surface area (Å²) in [5.41, 5.74) is 5.42. The third-order valence-electron chi connectivity index (χ3n) is 2.64. The zero-order valence-corrected chi connectivity index (χ0v) is 8.52. The lowest BCUT2D eigenvalue weighted by Crippen LogP contribution is -2.36. The van der Waals surface area contributed by atoms with Crippen LogP contribution in [0.3, 0.4) is 0 Å². The van der Waals surface area contributed by atoms with Crippen molar-refractivity contribution in [3.05, 3.63) is 0 Å². The fourth-order valence-electron chi connectivity index (χ4n) is 1.80. The summed E-state index contributed by atoms with van der Waals surface area (Å²) < 4.78 is 0. The van der Waals surface area contributed by atoms with E-state index in [9.17, 15) is 0 Å². The predicted molar refractivity (Wildman–Crippen MR) is 56.8 cm³/mol. The molecule has 0 amide bonds. The Morgan fingerprint density at radius 3 is 3.00 bits per heavy atom. The summed E-state index contributed by atoms with van der Waals surface area (Å²) in [4.78, 5) is 0. The van der Waals surface area contributed by atoms with Crippen molar-refractivity contribution in [3.63, 3.8) is 0 Å². The van der Waals surface area contributed by atoms with Gasteiger partial charge in [-0.05, 0) is 64.3 Å². The van der Waals surface area contributed by atoms with Gasteiger partial charge >= 0.3 is 0 Å². The van der Waals surface area contributed by atoms with Gasteiger partial charge in [0.25, 0.3) is 0 Å². The van der Waals surface area contributed by atoms with Crippen LogP contribution in [0.5, 0.6) is 0 Å². The molecule has 3 nitrogen and oxygen atoms in total. The number of piperidine rings is 1. The highest BCUT2D eigenvalue weighted by atomic mass is 14.9. The molecule has 1 aliphatic rings. The average Bonchev–Trinajstić information content (AvgIpc) is 2.19. The van der Waals surface area contributed by atoms with Crippen molar-refractivity contribution in [2.75, 3.05) is 32.7 Å². The van der Waals surface area contributed by atoms with Crippen molar-refractivity contribution in [3.8, 4) is 0 Å². The van der Waals surface area contributed by atoms with Crippen molar-refractivity contribution < 1.29 is 0 Å². The summed E-state index contributed by atoms with van der Waals surface area (Å²) in [7, 11) is 0. The quantitative estimate of drug-likeness (QED) is 0.522. The van der Waals surface area contributed by atoms with E-state index in [0.29, 0.717) is 0 Å². The molecule has 0 saturated carbocycles. The van der Waals surface area contributed by atoms with Gasteiger partial charge in [-0.1, -0.05) is 0 Å². The van der Waals surface area contributed by atoms with E-state index in [1.54, 1.807) is 0 Å². The Morgan fingerprint density at radius 2 is 2.31 bits per heavy atom. The van der Waals surface area contributed by atoms with Crippen molar-refractivity contribution in [1.82, 2.24) is 10.6 Å². The summed E-state index contributed by atoms with van der Waals surface area (Å²) in [5.74, 6) is 0.853. The van der Waals surface area contributed by atoms with Gasteiger partial charge in [-0.2, -0.15) is 0 Å². The van der Waals surface area contributed by atoms with Crippen LogP contribution in [0.25, 0.3) is 0 Å². The monoisotopic (exact) mass is 185 g/mol. The van der Waals surface area contributed by atoms with Crippen molar-refractivity contribution in [1.29, 1.82) is 0 Å². The Labute approximate surface area is 81.5 Å². The molecule has 13 heavy (non-hydrogen) atoms. The molecule has 1 heterocycles. The number of rotatable bonds is 6. The minimum Gasteiger partial charge on any atom is -0.330 e. The summed E-state index contributed by atoms with van der Waals surface area (Å²) in [6.45, 7) is 5.55. The second-order valence-electron chi connectivity index (χ2n) is 3.91. The molecule has 0 aliphatic carbocycles. The lowest BCUT2D eigenvalue weighted by molar-refractivity contribution is 0.359. The van der Waals surface area contributed by atoms with Gasteiger partial charge < -0.3 is 16.4 Å². The van der Waals surface area contributed by atoms with Gasteiger partial charge in [0.1, 0.15) is 0 Å². The first-order valence-electron chi connectivity index (χ1n) is 5.55. The second kappa shape index (κ2) is 7.30. The van der Waals surface area contributed by atoms with Gasteiger partial charge in [0.2, 0.25) is 0 Å². The average molecular weight is 185 g/mol. The smallest absolute Gasteiger partial charge is 0.000837 e. The topological polar surface area (TPSA) is 50.1 Å². The van der Waals surface area contributed by atoms with Gasteiger partial charge in [0.05, 0.1) is 0 Å². The summed E-state index contributed by atoms with van der Waals surface area (Å²) in [6, 6.07) is 0. The molecule has 0 radical (unpaired) electrons. The van der Waals surface area contributed by atoms with Crippen molar-refractivity contribution >= 4 is 0 Å². The lowest BCUT2D eigenvalue weighted by Gasteiger charge is -2.22. The van der Waals surface area contributed by atoms with Crippen LogP contribution in [-0.4, -0.2) is 32.7 Å². The first-order chi connectivity index (χ1) is 6.43. The normalized spacial score (nSPS) is 23.3. The van der Waals surface area contributed by atoms with Gasteiger partial charge in [0, 0.05) is 0 Å². The van der Waals surface area contributed by atoms with Crippen LogP contribution in [0.4, 0.5) is 0 Å². The minimum atomic E-state index is 0.826. The number of nitrogens with one attached hydrogen (secondary N) is 2. The lowest BCUT2D eigenvalue weighted by atomic mass is 10.00. The van der Waals surface area contributed by atoms with E-state index >= 15 is 0 Å². The molecule has 1 fully saturated rings. The van der Waals surface area contributed by atoms with E-state index in [4.69, 9.17) is 5.73 Å². The fourth-order valence-corrected chi connectivity index (χ4v) is 1.80. The zero-order valence-electron chi connectivity index (χ0n) is 8.52. The molecule has 1 saturated heterocycles. The zero-order chi connectivity index (χ0) is 9.36. The summed E-state index contributed by atoms with van der Waals surface area (Å²) in [5, 5.41) is 6.92. The predicted octanol–water partition coefficient (Wildman–Crippen LogP) is 0.315. The van der Waals surface area contributed by atoms with Gasteiger partial charge in [-0.25, -0.2) is 0 Å². The first kappa shape index (κ1) is 11.0. The van der Waals surface area contributed by atoms with Crippen LogP contribution in [0.15, 0.2) is 0 Å². The van der Waals surface area contributed by atoms with Crippen LogP contribution in [0, 0.1) is 5.92 Å². The fraction of sp³-hybridized carbons (Fsp3) is 1.00. The molecule has 0 spiro atoms. The van der Waals surface area contributed by atoms with E-state index in [1.165, 1.54) is 38.9 Å². The molecule has 1 rings (SSSR count). The maximum Gasteiger partial charge on any atom is -0.000837 e. The van der Waals surface area contributed by atoms with Gasteiger partial charge in [-0.15, -0.1) is 0 Å². The molecular formula is C10H23N3. The Balaban J connectivity index is 1.86. The van der Waals surface area contributed by atoms with E-state index in [0.717, 1.165) is 25.4 Å². The summed E-state index contributed by atoms with van der Waals surface area (Å²) in [6.07, 6.45) is 5.10. The standard InChI is InChI=1S/C10H23N3/c11-5-1-2-6-12-8-10-4-3-7-13-9-10/h10,12-13H,1-9,11H2. The molecule has 1 unspecified atom stereocenters.